The lowest BCUT2D eigenvalue weighted by Crippen LogP contribution is -2.62. The molecule has 0 unspecified atom stereocenters. The zero-order valence-electron chi connectivity index (χ0n) is 12.2. The number of likely N-dealkylation sites (tertiary alicyclic amines) is 1. The summed E-state index contributed by atoms with van der Waals surface area (Å²) in [5, 5.41) is 0. The van der Waals surface area contributed by atoms with E-state index in [-0.39, 0.29) is 24.5 Å². The van der Waals surface area contributed by atoms with Gasteiger partial charge in [-0.05, 0) is 18.4 Å². The Morgan fingerprint density at radius 1 is 1.18 bits per heavy atom. The summed E-state index contributed by atoms with van der Waals surface area (Å²) in [5.74, 6) is -0.238. The number of cyclic esters (lactones) is 1. The van der Waals surface area contributed by atoms with Crippen molar-refractivity contribution in [2.24, 2.45) is 0 Å². The van der Waals surface area contributed by atoms with Gasteiger partial charge >= 0.3 is 6.09 Å². The fourth-order valence-corrected chi connectivity index (χ4v) is 2.79. The lowest BCUT2D eigenvalue weighted by atomic mass is 10.0. The van der Waals surface area contributed by atoms with Gasteiger partial charge in [0, 0.05) is 19.5 Å². The van der Waals surface area contributed by atoms with E-state index in [1.54, 1.807) is 4.90 Å². The van der Waals surface area contributed by atoms with E-state index < -0.39 is 6.09 Å². The van der Waals surface area contributed by atoms with Gasteiger partial charge in [0.15, 0.2) is 6.61 Å². The number of ether oxygens (including phenoxy) is 1. The number of benzene rings is 1. The second-order valence-electron chi connectivity index (χ2n) is 5.61. The molecule has 0 aromatic heterocycles. The zero-order valence-corrected chi connectivity index (χ0v) is 12.2. The highest BCUT2D eigenvalue weighted by Crippen LogP contribution is 2.20. The monoisotopic (exact) mass is 302 g/mol. The number of imide groups is 1. The molecule has 1 aromatic rings. The molecular formula is C16H18N2O4. The molecular weight excluding hydrogens is 284 g/mol. The number of carbonyl (C=O) groups is 3. The Morgan fingerprint density at radius 2 is 1.91 bits per heavy atom. The van der Waals surface area contributed by atoms with Crippen LogP contribution in [-0.2, 0) is 20.7 Å². The predicted octanol–water partition coefficient (Wildman–Crippen LogP) is 1.20. The van der Waals surface area contributed by atoms with Gasteiger partial charge in [0.1, 0.15) is 0 Å². The molecule has 0 N–H and O–H groups in total. The molecule has 2 heterocycles. The van der Waals surface area contributed by atoms with E-state index in [9.17, 15) is 14.4 Å². The molecule has 6 heteroatoms. The van der Waals surface area contributed by atoms with Gasteiger partial charge in [-0.1, -0.05) is 30.3 Å². The molecule has 22 heavy (non-hydrogen) atoms. The average molecular weight is 302 g/mol. The fourth-order valence-electron chi connectivity index (χ4n) is 2.79. The van der Waals surface area contributed by atoms with Gasteiger partial charge < -0.3 is 9.64 Å². The first-order valence-corrected chi connectivity index (χ1v) is 7.45. The standard InChI is InChI=1S/C16H18N2O4/c19-14(8-4-7-12-5-2-1-3-6-12)17-9-13(10-17)18-15(20)11-22-16(18)21/h1-3,5-6,13H,4,7-11H2. The highest BCUT2D eigenvalue weighted by molar-refractivity contribution is 5.98. The van der Waals surface area contributed by atoms with Crippen molar-refractivity contribution in [2.75, 3.05) is 19.7 Å². The number of rotatable bonds is 5. The van der Waals surface area contributed by atoms with Crippen molar-refractivity contribution in [3.05, 3.63) is 35.9 Å². The number of hydrogen-bond donors (Lipinski definition) is 0. The SMILES string of the molecule is O=C(CCCc1ccccc1)N1CC(N2C(=O)COC2=O)C1. The first-order valence-electron chi connectivity index (χ1n) is 7.45. The third kappa shape index (κ3) is 2.95. The maximum Gasteiger partial charge on any atom is 0.417 e. The molecule has 6 nitrogen and oxygen atoms in total. The topological polar surface area (TPSA) is 66.9 Å². The van der Waals surface area contributed by atoms with Crippen molar-refractivity contribution in [1.29, 1.82) is 0 Å². The van der Waals surface area contributed by atoms with Gasteiger partial charge in [-0.2, -0.15) is 0 Å². The van der Waals surface area contributed by atoms with Gasteiger partial charge in [-0.15, -0.1) is 0 Å². The molecule has 3 amide bonds. The van der Waals surface area contributed by atoms with Gasteiger partial charge in [-0.3, -0.25) is 9.59 Å². The van der Waals surface area contributed by atoms with Crippen LogP contribution in [0.5, 0.6) is 0 Å². The molecule has 0 spiro atoms. The molecule has 2 aliphatic heterocycles. The normalized spacial score (nSPS) is 18.4. The minimum absolute atomic E-state index is 0.0761. The Morgan fingerprint density at radius 3 is 2.55 bits per heavy atom. The van der Waals surface area contributed by atoms with E-state index in [4.69, 9.17) is 0 Å². The molecule has 2 aliphatic rings. The Bertz CT molecular complexity index is 565. The molecule has 116 valence electrons. The summed E-state index contributed by atoms with van der Waals surface area (Å²) >= 11 is 0. The molecule has 0 radical (unpaired) electrons. The van der Waals surface area contributed by atoms with E-state index in [2.05, 4.69) is 16.9 Å². The summed E-state index contributed by atoms with van der Waals surface area (Å²) in [5.41, 5.74) is 1.22. The average Bonchev–Trinajstić information content (AvgIpc) is 2.79. The van der Waals surface area contributed by atoms with Crippen LogP contribution in [0.25, 0.3) is 0 Å². The molecule has 3 rings (SSSR count). The highest BCUT2D eigenvalue weighted by Gasteiger charge is 2.44. The molecule has 2 saturated heterocycles. The molecule has 0 bridgehead atoms. The van der Waals surface area contributed by atoms with Crippen LogP contribution in [0.1, 0.15) is 18.4 Å². The van der Waals surface area contributed by atoms with E-state index >= 15 is 0 Å². The number of amides is 3. The highest BCUT2D eigenvalue weighted by atomic mass is 16.6. The van der Waals surface area contributed by atoms with Crippen LogP contribution in [0.3, 0.4) is 0 Å². The zero-order chi connectivity index (χ0) is 15.5. The first kappa shape index (κ1) is 14.6. The number of nitrogens with zero attached hydrogens (tertiary/aromatic N) is 2. The van der Waals surface area contributed by atoms with Crippen LogP contribution in [-0.4, -0.2) is 53.4 Å². The van der Waals surface area contributed by atoms with E-state index in [0.717, 1.165) is 17.7 Å². The third-order valence-corrected chi connectivity index (χ3v) is 4.06. The van der Waals surface area contributed by atoms with Crippen molar-refractivity contribution in [3.63, 3.8) is 0 Å². The second kappa shape index (κ2) is 6.17. The van der Waals surface area contributed by atoms with Crippen molar-refractivity contribution < 1.29 is 19.1 Å². The van der Waals surface area contributed by atoms with Gasteiger partial charge in [0.05, 0.1) is 6.04 Å². The van der Waals surface area contributed by atoms with Gasteiger partial charge in [-0.25, -0.2) is 9.69 Å². The van der Waals surface area contributed by atoms with Gasteiger partial charge in [0.2, 0.25) is 5.91 Å². The van der Waals surface area contributed by atoms with E-state index in [1.165, 1.54) is 5.56 Å². The van der Waals surface area contributed by atoms with Crippen LogP contribution in [0.2, 0.25) is 0 Å². The second-order valence-corrected chi connectivity index (χ2v) is 5.61. The maximum absolute atomic E-state index is 12.0. The van der Waals surface area contributed by atoms with E-state index in [0.29, 0.717) is 19.5 Å². The van der Waals surface area contributed by atoms with Crippen LogP contribution >= 0.6 is 0 Å². The summed E-state index contributed by atoms with van der Waals surface area (Å²) in [7, 11) is 0. The van der Waals surface area contributed by atoms with E-state index in [1.807, 2.05) is 18.2 Å². The van der Waals surface area contributed by atoms with Crippen molar-refractivity contribution >= 4 is 17.9 Å². The van der Waals surface area contributed by atoms with Crippen LogP contribution in [0.15, 0.2) is 30.3 Å². The first-order chi connectivity index (χ1) is 10.6. The Labute approximate surface area is 128 Å². The minimum Gasteiger partial charge on any atom is -0.439 e. The fraction of sp³-hybridized carbons (Fsp3) is 0.438. The quantitative estimate of drug-likeness (QED) is 0.819. The third-order valence-electron chi connectivity index (χ3n) is 4.06. The number of carbonyl (C=O) groups excluding carboxylic acids is 3. The minimum atomic E-state index is -0.592. The summed E-state index contributed by atoms with van der Waals surface area (Å²) in [6.45, 7) is 0.663. The summed E-state index contributed by atoms with van der Waals surface area (Å²) in [4.78, 5) is 37.8. The van der Waals surface area contributed by atoms with Crippen LogP contribution in [0, 0.1) is 0 Å². The lowest BCUT2D eigenvalue weighted by molar-refractivity contribution is -0.142. The number of hydrogen-bond acceptors (Lipinski definition) is 4. The lowest BCUT2D eigenvalue weighted by Gasteiger charge is -2.42. The van der Waals surface area contributed by atoms with Crippen molar-refractivity contribution in [3.8, 4) is 0 Å². The maximum atomic E-state index is 12.0. The summed E-state index contributed by atoms with van der Waals surface area (Å²) in [6, 6.07) is 9.83. The summed E-state index contributed by atoms with van der Waals surface area (Å²) < 4.78 is 4.68. The molecule has 2 fully saturated rings. The predicted molar refractivity (Wildman–Crippen MR) is 77.9 cm³/mol. The van der Waals surface area contributed by atoms with Crippen molar-refractivity contribution in [2.45, 2.75) is 25.3 Å². The smallest absolute Gasteiger partial charge is 0.417 e. The number of aryl methyl sites for hydroxylation is 1. The van der Waals surface area contributed by atoms with Crippen LogP contribution in [0.4, 0.5) is 4.79 Å². The van der Waals surface area contributed by atoms with Crippen LogP contribution < -0.4 is 0 Å². The Hall–Kier alpha value is -2.37. The Balaban J connectivity index is 1.40. The molecule has 0 aliphatic carbocycles. The largest absolute Gasteiger partial charge is 0.439 e. The van der Waals surface area contributed by atoms with Gasteiger partial charge in [0.25, 0.3) is 5.91 Å². The molecule has 0 atom stereocenters. The molecule has 0 saturated carbocycles. The van der Waals surface area contributed by atoms with Crippen molar-refractivity contribution in [1.82, 2.24) is 9.80 Å². The molecule has 1 aromatic carbocycles. The Kier molecular flexibility index (Phi) is 4.09. The summed E-state index contributed by atoms with van der Waals surface area (Å²) in [6.07, 6.45) is 1.57.